The summed E-state index contributed by atoms with van der Waals surface area (Å²) in [6.07, 6.45) is 7.74. The Labute approximate surface area is 128 Å². The topological polar surface area (TPSA) is 15.3 Å². The third kappa shape index (κ3) is 4.24. The first kappa shape index (κ1) is 15.9. The molecule has 0 radical (unpaired) electrons. The van der Waals surface area contributed by atoms with Gasteiger partial charge < -0.3 is 0 Å². The fraction of sp³-hybridized carbons (Fsp3) is 1.00. The summed E-state index contributed by atoms with van der Waals surface area (Å²) in [5, 5.41) is 2.89. The number of hydrogen-bond donors (Lipinski definition) is 1. The Kier molecular flexibility index (Phi) is 5.10. The predicted molar refractivity (Wildman–Crippen MR) is 83.0 cm³/mol. The number of halogens is 3. The minimum atomic E-state index is -2.61. The van der Waals surface area contributed by atoms with Crippen molar-refractivity contribution in [1.29, 1.82) is 0 Å². The van der Waals surface area contributed by atoms with Crippen LogP contribution in [0.3, 0.4) is 0 Å². The van der Waals surface area contributed by atoms with Gasteiger partial charge in [-0.1, -0.05) is 22.6 Å². The maximum absolute atomic E-state index is 12.8. The summed E-state index contributed by atoms with van der Waals surface area (Å²) in [5.41, 5.74) is 0.312. The summed E-state index contributed by atoms with van der Waals surface area (Å²) in [5.74, 6) is -1.84. The summed E-state index contributed by atoms with van der Waals surface area (Å²) in [6, 6.07) is 0. The van der Waals surface area contributed by atoms with Gasteiger partial charge in [0.25, 0.3) is 5.92 Å². The molecule has 0 saturated heterocycles. The normalized spacial score (nSPS) is 30.6. The highest BCUT2D eigenvalue weighted by Crippen LogP contribution is 2.52. The molecule has 0 amide bonds. The van der Waals surface area contributed by atoms with Gasteiger partial charge in [-0.05, 0) is 51.5 Å². The van der Waals surface area contributed by atoms with E-state index in [2.05, 4.69) is 39.9 Å². The van der Waals surface area contributed by atoms with Gasteiger partial charge in [0, 0.05) is 23.1 Å². The Hall–Kier alpha value is 0.510. The third-order valence-electron chi connectivity index (χ3n) is 4.72. The SMILES string of the molecule is CN(CNCC(C)(F)F)C1(C2CCC(I)CC2)CC1. The lowest BCUT2D eigenvalue weighted by Gasteiger charge is -2.38. The van der Waals surface area contributed by atoms with Gasteiger partial charge in [-0.3, -0.25) is 10.2 Å². The molecule has 2 saturated carbocycles. The van der Waals surface area contributed by atoms with E-state index < -0.39 is 5.92 Å². The Balaban J connectivity index is 1.79. The highest BCUT2D eigenvalue weighted by molar-refractivity contribution is 14.1. The third-order valence-corrected chi connectivity index (χ3v) is 5.97. The van der Waals surface area contributed by atoms with Crippen molar-refractivity contribution in [3.05, 3.63) is 0 Å². The quantitative estimate of drug-likeness (QED) is 0.426. The lowest BCUT2D eigenvalue weighted by atomic mass is 9.81. The molecular formula is C14H25F2IN2. The van der Waals surface area contributed by atoms with Gasteiger partial charge in [0.05, 0.1) is 6.54 Å². The second kappa shape index (κ2) is 6.10. The molecule has 0 heterocycles. The maximum atomic E-state index is 12.8. The van der Waals surface area contributed by atoms with E-state index in [4.69, 9.17) is 0 Å². The molecule has 0 aromatic carbocycles. The van der Waals surface area contributed by atoms with E-state index in [-0.39, 0.29) is 6.54 Å². The van der Waals surface area contributed by atoms with Gasteiger partial charge in [0.2, 0.25) is 0 Å². The van der Waals surface area contributed by atoms with Crippen LogP contribution in [0.4, 0.5) is 8.78 Å². The standard InChI is InChI=1S/C14H25F2IN2/c1-13(15,16)9-18-10-19(2)14(7-8-14)11-3-5-12(17)6-4-11/h11-12,18H,3-10H2,1-2H3. The highest BCUT2D eigenvalue weighted by atomic mass is 127. The van der Waals surface area contributed by atoms with Crippen molar-refractivity contribution in [2.24, 2.45) is 5.92 Å². The average Bonchev–Trinajstić information content (AvgIpc) is 3.09. The Morgan fingerprint density at radius 1 is 1.26 bits per heavy atom. The van der Waals surface area contributed by atoms with Crippen LogP contribution in [-0.4, -0.2) is 40.5 Å². The first-order valence-corrected chi connectivity index (χ1v) is 8.52. The van der Waals surface area contributed by atoms with Crippen LogP contribution in [0, 0.1) is 5.92 Å². The molecule has 2 aliphatic carbocycles. The number of rotatable bonds is 6. The molecule has 2 aliphatic rings. The van der Waals surface area contributed by atoms with E-state index in [0.717, 1.165) is 16.8 Å². The second-order valence-corrected chi connectivity index (χ2v) is 8.17. The number of nitrogens with one attached hydrogen (secondary N) is 1. The van der Waals surface area contributed by atoms with E-state index >= 15 is 0 Å². The number of hydrogen-bond acceptors (Lipinski definition) is 2. The van der Waals surface area contributed by atoms with E-state index in [0.29, 0.717) is 12.2 Å². The van der Waals surface area contributed by atoms with Crippen molar-refractivity contribution in [3.8, 4) is 0 Å². The van der Waals surface area contributed by atoms with Gasteiger partial charge >= 0.3 is 0 Å². The van der Waals surface area contributed by atoms with Crippen molar-refractivity contribution < 1.29 is 8.78 Å². The molecule has 2 nitrogen and oxygen atoms in total. The Morgan fingerprint density at radius 3 is 2.32 bits per heavy atom. The first-order chi connectivity index (χ1) is 8.83. The van der Waals surface area contributed by atoms with Crippen molar-refractivity contribution in [2.75, 3.05) is 20.3 Å². The monoisotopic (exact) mass is 386 g/mol. The molecule has 1 N–H and O–H groups in total. The minimum absolute atomic E-state index is 0.228. The van der Waals surface area contributed by atoms with E-state index in [9.17, 15) is 8.78 Å². The lowest BCUT2D eigenvalue weighted by molar-refractivity contribution is 0.0153. The van der Waals surface area contributed by atoms with Gasteiger partial charge in [-0.2, -0.15) is 0 Å². The van der Waals surface area contributed by atoms with E-state index in [1.165, 1.54) is 38.5 Å². The summed E-state index contributed by atoms with van der Waals surface area (Å²) in [4.78, 5) is 2.29. The van der Waals surface area contributed by atoms with Gasteiger partial charge in [-0.25, -0.2) is 8.78 Å². The molecule has 19 heavy (non-hydrogen) atoms. The molecule has 0 spiro atoms. The number of nitrogens with zero attached hydrogens (tertiary/aromatic N) is 1. The molecular weight excluding hydrogens is 361 g/mol. The van der Waals surface area contributed by atoms with Crippen LogP contribution in [-0.2, 0) is 0 Å². The zero-order valence-electron chi connectivity index (χ0n) is 11.9. The van der Waals surface area contributed by atoms with Gasteiger partial charge in [0.15, 0.2) is 0 Å². The largest absolute Gasteiger partial charge is 0.298 e. The zero-order chi connectivity index (χ0) is 14.1. The predicted octanol–water partition coefficient (Wildman–Crippen LogP) is 3.65. The number of alkyl halides is 3. The van der Waals surface area contributed by atoms with Crippen LogP contribution >= 0.6 is 22.6 Å². The molecule has 2 rings (SSSR count). The second-order valence-electron chi connectivity index (χ2n) is 6.41. The molecule has 2 fully saturated rings. The Morgan fingerprint density at radius 2 is 1.84 bits per heavy atom. The smallest absolute Gasteiger partial charge is 0.257 e. The summed E-state index contributed by atoms with van der Waals surface area (Å²) >= 11 is 2.55. The van der Waals surface area contributed by atoms with Crippen molar-refractivity contribution >= 4 is 22.6 Å². The summed E-state index contributed by atoms with van der Waals surface area (Å²) < 4.78 is 26.4. The zero-order valence-corrected chi connectivity index (χ0v) is 14.1. The highest BCUT2D eigenvalue weighted by Gasteiger charge is 2.52. The van der Waals surface area contributed by atoms with E-state index in [1.807, 2.05) is 0 Å². The molecule has 0 aliphatic heterocycles. The minimum Gasteiger partial charge on any atom is -0.298 e. The molecule has 0 unspecified atom stereocenters. The summed E-state index contributed by atoms with van der Waals surface area (Å²) in [7, 11) is 2.09. The van der Waals surface area contributed by atoms with Crippen LogP contribution in [0.2, 0.25) is 0 Å². The first-order valence-electron chi connectivity index (χ1n) is 7.27. The van der Waals surface area contributed by atoms with Gasteiger partial charge in [0.1, 0.15) is 0 Å². The Bertz CT molecular complexity index is 294. The van der Waals surface area contributed by atoms with Gasteiger partial charge in [-0.15, -0.1) is 0 Å². The summed E-state index contributed by atoms with van der Waals surface area (Å²) in [6.45, 7) is 1.32. The molecule has 0 atom stereocenters. The average molecular weight is 386 g/mol. The van der Waals surface area contributed by atoms with Crippen molar-refractivity contribution in [2.45, 2.75) is 60.8 Å². The van der Waals surface area contributed by atoms with Crippen LogP contribution in [0.15, 0.2) is 0 Å². The van der Waals surface area contributed by atoms with Crippen molar-refractivity contribution in [3.63, 3.8) is 0 Å². The fourth-order valence-electron chi connectivity index (χ4n) is 3.42. The molecule has 112 valence electrons. The molecule has 0 aromatic heterocycles. The van der Waals surface area contributed by atoms with Crippen LogP contribution < -0.4 is 5.32 Å². The maximum Gasteiger partial charge on any atom is 0.257 e. The molecule has 5 heteroatoms. The molecule has 0 bridgehead atoms. The fourth-order valence-corrected chi connectivity index (χ4v) is 4.14. The van der Waals surface area contributed by atoms with Crippen LogP contribution in [0.1, 0.15) is 45.4 Å². The lowest BCUT2D eigenvalue weighted by Crippen LogP contribution is -2.47. The van der Waals surface area contributed by atoms with Crippen LogP contribution in [0.5, 0.6) is 0 Å². The van der Waals surface area contributed by atoms with Crippen LogP contribution in [0.25, 0.3) is 0 Å². The molecule has 0 aromatic rings. The van der Waals surface area contributed by atoms with Crippen molar-refractivity contribution in [1.82, 2.24) is 10.2 Å². The van der Waals surface area contributed by atoms with E-state index in [1.54, 1.807) is 0 Å².